The van der Waals surface area contributed by atoms with Crippen LogP contribution in [0.5, 0.6) is 0 Å². The number of allylic oxidation sites excluding steroid dienone is 1. The number of hydrogen-bond acceptors (Lipinski definition) is 3. The molecule has 2 heterocycles. The van der Waals surface area contributed by atoms with Gasteiger partial charge in [-0.1, -0.05) is 48.5 Å². The van der Waals surface area contributed by atoms with E-state index in [1.54, 1.807) is 4.68 Å². The number of benzene rings is 2. The second kappa shape index (κ2) is 6.44. The van der Waals surface area contributed by atoms with Crippen LogP contribution in [0.3, 0.4) is 0 Å². The van der Waals surface area contributed by atoms with Gasteiger partial charge in [0.15, 0.2) is 11.6 Å². The Hall–Kier alpha value is -3.47. The molecule has 0 saturated heterocycles. The average Bonchev–Trinajstić information content (AvgIpc) is 3.00. The molecule has 4 rings (SSSR count). The summed E-state index contributed by atoms with van der Waals surface area (Å²) in [5.74, 6) is 1.04. The largest absolute Gasteiger partial charge is 0.320 e. The number of rotatable bonds is 2. The molecule has 2 aromatic carbocycles. The van der Waals surface area contributed by atoms with Crippen molar-refractivity contribution >= 4 is 29.4 Å². The second-order valence-corrected chi connectivity index (χ2v) is 6.30. The number of carbonyl (C=O) groups excluding carboxylic acids is 1. The lowest BCUT2D eigenvalue weighted by molar-refractivity contribution is -0.111. The van der Waals surface area contributed by atoms with Gasteiger partial charge in [-0.2, -0.15) is 0 Å². The van der Waals surface area contributed by atoms with Crippen LogP contribution in [0, 0.1) is 0 Å². The van der Waals surface area contributed by atoms with E-state index < -0.39 is 0 Å². The molecular weight excluding hydrogens is 324 g/mol. The fourth-order valence-electron chi connectivity index (χ4n) is 2.97. The van der Waals surface area contributed by atoms with Gasteiger partial charge in [-0.05, 0) is 43.2 Å². The van der Waals surface area contributed by atoms with Gasteiger partial charge in [0.25, 0.3) is 5.91 Å². The normalized spacial score (nSPS) is 13.2. The Bertz CT molecular complexity index is 1040. The van der Waals surface area contributed by atoms with Crippen molar-refractivity contribution in [2.45, 2.75) is 13.8 Å². The van der Waals surface area contributed by atoms with Crippen molar-refractivity contribution in [1.82, 2.24) is 14.8 Å². The maximum absolute atomic E-state index is 12.7. The summed E-state index contributed by atoms with van der Waals surface area (Å²) in [6.45, 7) is 3.80. The van der Waals surface area contributed by atoms with Gasteiger partial charge in [-0.25, -0.2) is 9.67 Å². The highest BCUT2D eigenvalue weighted by molar-refractivity contribution is 6.23. The monoisotopic (exact) mass is 342 g/mol. The van der Waals surface area contributed by atoms with Crippen molar-refractivity contribution in [2.24, 2.45) is 0 Å². The number of nitrogens with one attached hydrogen (secondary N) is 1. The van der Waals surface area contributed by atoms with Crippen molar-refractivity contribution < 1.29 is 4.79 Å². The first-order valence-corrected chi connectivity index (χ1v) is 8.42. The molecule has 5 heteroatoms. The molecule has 0 spiro atoms. The van der Waals surface area contributed by atoms with Gasteiger partial charge in [-0.15, -0.1) is 5.10 Å². The van der Waals surface area contributed by atoms with Crippen LogP contribution in [0.15, 0.2) is 60.2 Å². The summed E-state index contributed by atoms with van der Waals surface area (Å²) in [7, 11) is 0. The first-order chi connectivity index (χ1) is 12.6. The molecule has 0 atom stereocenters. The molecule has 1 aliphatic heterocycles. The first kappa shape index (κ1) is 16.0. The second-order valence-electron chi connectivity index (χ2n) is 6.30. The van der Waals surface area contributed by atoms with Crippen LogP contribution in [0.2, 0.25) is 0 Å². The van der Waals surface area contributed by atoms with Crippen molar-refractivity contribution in [3.05, 3.63) is 71.6 Å². The SMILES string of the molecule is CC(C)=C1C(=O)Nc2ccccc2-c2nc(C=Cc3ccccc3)nn21. The van der Waals surface area contributed by atoms with Gasteiger partial charge in [0.2, 0.25) is 0 Å². The summed E-state index contributed by atoms with van der Waals surface area (Å²) in [6.07, 6.45) is 3.82. The van der Waals surface area contributed by atoms with Crippen LogP contribution < -0.4 is 5.32 Å². The van der Waals surface area contributed by atoms with Crippen molar-refractivity contribution in [3.63, 3.8) is 0 Å². The molecule has 0 radical (unpaired) electrons. The Morgan fingerprint density at radius 1 is 1.00 bits per heavy atom. The minimum atomic E-state index is -0.181. The number of aromatic nitrogens is 3. The summed E-state index contributed by atoms with van der Waals surface area (Å²) < 4.78 is 1.64. The van der Waals surface area contributed by atoms with Crippen LogP contribution in [-0.4, -0.2) is 20.7 Å². The molecular formula is C21H18N4O. The Labute approximate surface area is 151 Å². The Morgan fingerprint density at radius 2 is 1.73 bits per heavy atom. The number of amides is 1. The topological polar surface area (TPSA) is 59.8 Å². The van der Waals surface area contributed by atoms with Gasteiger partial charge in [-0.3, -0.25) is 4.79 Å². The molecule has 0 unspecified atom stereocenters. The predicted octanol–water partition coefficient (Wildman–Crippen LogP) is 4.32. The minimum absolute atomic E-state index is 0.181. The van der Waals surface area contributed by atoms with Crippen molar-refractivity contribution in [3.8, 4) is 11.4 Å². The quantitative estimate of drug-likeness (QED) is 0.706. The van der Waals surface area contributed by atoms with Gasteiger partial charge in [0.1, 0.15) is 5.70 Å². The third-order valence-corrected chi connectivity index (χ3v) is 4.16. The minimum Gasteiger partial charge on any atom is -0.320 e. The van der Waals surface area contributed by atoms with E-state index in [0.29, 0.717) is 17.3 Å². The summed E-state index contributed by atoms with van der Waals surface area (Å²) in [4.78, 5) is 17.4. The maximum atomic E-state index is 12.7. The number of hydrogen-bond donors (Lipinski definition) is 1. The molecule has 26 heavy (non-hydrogen) atoms. The summed E-state index contributed by atoms with van der Waals surface area (Å²) in [5, 5.41) is 7.53. The Balaban J connectivity index is 1.86. The fourth-order valence-corrected chi connectivity index (χ4v) is 2.97. The number of fused-ring (bicyclic) bond motifs is 3. The highest BCUT2D eigenvalue weighted by atomic mass is 16.2. The van der Waals surface area contributed by atoms with E-state index in [4.69, 9.17) is 0 Å². The smallest absolute Gasteiger partial charge is 0.274 e. The first-order valence-electron chi connectivity index (χ1n) is 8.42. The van der Waals surface area contributed by atoms with E-state index in [2.05, 4.69) is 15.4 Å². The van der Waals surface area contributed by atoms with Gasteiger partial charge in [0.05, 0.1) is 5.69 Å². The average molecular weight is 342 g/mol. The van der Waals surface area contributed by atoms with Crippen LogP contribution in [0.4, 0.5) is 5.69 Å². The van der Waals surface area contributed by atoms with E-state index in [0.717, 1.165) is 22.4 Å². The lowest BCUT2D eigenvalue weighted by Crippen LogP contribution is -2.17. The van der Waals surface area contributed by atoms with Crippen molar-refractivity contribution in [1.29, 1.82) is 0 Å². The molecule has 0 saturated carbocycles. The maximum Gasteiger partial charge on any atom is 0.274 e. The molecule has 0 aliphatic carbocycles. The van der Waals surface area contributed by atoms with E-state index in [1.165, 1.54) is 0 Å². The zero-order valence-corrected chi connectivity index (χ0v) is 14.6. The van der Waals surface area contributed by atoms with Gasteiger partial charge < -0.3 is 5.32 Å². The summed E-state index contributed by atoms with van der Waals surface area (Å²) in [6, 6.07) is 17.6. The number of nitrogens with zero attached hydrogens (tertiary/aromatic N) is 3. The van der Waals surface area contributed by atoms with Gasteiger partial charge in [0, 0.05) is 5.56 Å². The number of carbonyl (C=O) groups is 1. The van der Waals surface area contributed by atoms with Gasteiger partial charge >= 0.3 is 0 Å². The molecule has 3 aromatic rings. The number of para-hydroxylation sites is 1. The summed E-state index contributed by atoms with van der Waals surface area (Å²) >= 11 is 0. The van der Waals surface area contributed by atoms with Crippen LogP contribution >= 0.6 is 0 Å². The predicted molar refractivity (Wildman–Crippen MR) is 104 cm³/mol. The molecule has 0 bridgehead atoms. The zero-order chi connectivity index (χ0) is 18.1. The van der Waals surface area contributed by atoms with Crippen LogP contribution in [0.1, 0.15) is 25.2 Å². The van der Waals surface area contributed by atoms with Crippen molar-refractivity contribution in [2.75, 3.05) is 5.32 Å². The molecule has 1 aromatic heterocycles. The molecule has 5 nitrogen and oxygen atoms in total. The lowest BCUT2D eigenvalue weighted by atomic mass is 10.1. The number of anilines is 1. The summed E-state index contributed by atoms with van der Waals surface area (Å²) in [5.41, 5.74) is 4.03. The molecule has 1 aliphatic rings. The lowest BCUT2D eigenvalue weighted by Gasteiger charge is -2.07. The highest BCUT2D eigenvalue weighted by Crippen LogP contribution is 2.33. The van der Waals surface area contributed by atoms with E-state index in [1.807, 2.05) is 80.6 Å². The van der Waals surface area contributed by atoms with E-state index >= 15 is 0 Å². The Morgan fingerprint density at radius 3 is 2.50 bits per heavy atom. The Kier molecular flexibility index (Phi) is 3.97. The third-order valence-electron chi connectivity index (χ3n) is 4.16. The third kappa shape index (κ3) is 2.84. The highest BCUT2D eigenvalue weighted by Gasteiger charge is 2.26. The van der Waals surface area contributed by atoms with Crippen LogP contribution in [-0.2, 0) is 4.79 Å². The zero-order valence-electron chi connectivity index (χ0n) is 14.6. The molecule has 128 valence electrons. The molecule has 1 N–H and O–H groups in total. The molecule has 1 amide bonds. The fraction of sp³-hybridized carbons (Fsp3) is 0.0952. The van der Waals surface area contributed by atoms with E-state index in [9.17, 15) is 4.79 Å². The molecule has 0 fully saturated rings. The van der Waals surface area contributed by atoms with E-state index in [-0.39, 0.29) is 5.91 Å². The van der Waals surface area contributed by atoms with Crippen LogP contribution in [0.25, 0.3) is 29.2 Å². The standard InChI is InChI=1S/C21H18N4O/c1-14(2)19-21(26)22-17-11-7-6-10-16(17)20-23-18(24-25(19)20)13-12-15-8-4-3-5-9-15/h3-13H,1-2H3,(H,22,26).